The van der Waals surface area contributed by atoms with E-state index in [0.29, 0.717) is 18.5 Å². The third-order valence-electron chi connectivity index (χ3n) is 3.01. The Morgan fingerprint density at radius 1 is 1.44 bits per heavy atom. The van der Waals surface area contributed by atoms with E-state index in [-0.39, 0.29) is 12.3 Å². The zero-order valence-corrected chi connectivity index (χ0v) is 9.09. The van der Waals surface area contributed by atoms with Gasteiger partial charge in [-0.1, -0.05) is 0 Å². The minimum Gasteiger partial charge on any atom is -0.261 e. The van der Waals surface area contributed by atoms with Gasteiger partial charge in [-0.2, -0.15) is 13.2 Å². The Labute approximate surface area is 92.7 Å². The lowest BCUT2D eigenvalue weighted by atomic mass is 9.96. The van der Waals surface area contributed by atoms with Gasteiger partial charge in [-0.15, -0.1) is 0 Å². The number of halogens is 3. The van der Waals surface area contributed by atoms with Crippen LogP contribution >= 0.6 is 0 Å². The second kappa shape index (κ2) is 4.07. The maximum Gasteiger partial charge on any atom is 0.392 e. The van der Waals surface area contributed by atoms with Gasteiger partial charge in [-0.25, -0.2) is 0 Å². The van der Waals surface area contributed by atoms with Crippen LogP contribution in [0.4, 0.5) is 13.2 Å². The predicted octanol–water partition coefficient (Wildman–Crippen LogP) is 3.52. The highest BCUT2D eigenvalue weighted by Gasteiger charge is 2.48. The van der Waals surface area contributed by atoms with E-state index in [1.807, 2.05) is 6.92 Å². The number of hydrogen-bond acceptors (Lipinski definition) is 1. The number of aryl methyl sites for hydroxylation is 1. The summed E-state index contributed by atoms with van der Waals surface area (Å²) in [6, 6.07) is 3.53. The molecule has 0 saturated heterocycles. The molecule has 1 atom stereocenters. The fraction of sp³-hybridized carbons (Fsp3) is 0.583. The molecule has 0 radical (unpaired) electrons. The van der Waals surface area contributed by atoms with Crippen LogP contribution in [-0.2, 0) is 6.42 Å². The van der Waals surface area contributed by atoms with E-state index in [4.69, 9.17) is 0 Å². The van der Waals surface area contributed by atoms with Crippen LogP contribution in [0.15, 0.2) is 18.3 Å². The van der Waals surface area contributed by atoms with Gasteiger partial charge in [0.25, 0.3) is 0 Å². The van der Waals surface area contributed by atoms with Gasteiger partial charge in [0.2, 0.25) is 0 Å². The topological polar surface area (TPSA) is 12.9 Å². The first-order valence-corrected chi connectivity index (χ1v) is 5.45. The molecule has 1 fully saturated rings. The predicted molar refractivity (Wildman–Crippen MR) is 54.9 cm³/mol. The fourth-order valence-corrected chi connectivity index (χ4v) is 1.98. The largest absolute Gasteiger partial charge is 0.392 e. The summed E-state index contributed by atoms with van der Waals surface area (Å²) in [5.41, 5.74) is 1.51. The summed E-state index contributed by atoms with van der Waals surface area (Å²) in [7, 11) is 0. The Morgan fingerprint density at radius 2 is 2.12 bits per heavy atom. The average molecular weight is 229 g/mol. The first kappa shape index (κ1) is 11.4. The van der Waals surface area contributed by atoms with Crippen LogP contribution in [0, 0.1) is 18.8 Å². The molecule has 1 aromatic heterocycles. The van der Waals surface area contributed by atoms with Gasteiger partial charge < -0.3 is 0 Å². The summed E-state index contributed by atoms with van der Waals surface area (Å²) >= 11 is 0. The molecule has 1 aliphatic rings. The molecule has 0 aliphatic heterocycles. The van der Waals surface area contributed by atoms with Crippen LogP contribution in [0.5, 0.6) is 0 Å². The van der Waals surface area contributed by atoms with Crippen molar-refractivity contribution >= 4 is 0 Å². The lowest BCUT2D eigenvalue weighted by Crippen LogP contribution is -2.27. The Bertz CT molecular complexity index is 369. The summed E-state index contributed by atoms with van der Waals surface area (Å²) in [6.07, 6.45) is -1.08. The summed E-state index contributed by atoms with van der Waals surface area (Å²) < 4.78 is 38.3. The van der Waals surface area contributed by atoms with Crippen molar-refractivity contribution in [1.29, 1.82) is 0 Å². The van der Waals surface area contributed by atoms with Crippen LogP contribution in [0.2, 0.25) is 0 Å². The Hall–Kier alpha value is -1.06. The highest BCUT2D eigenvalue weighted by atomic mass is 19.4. The molecule has 0 spiro atoms. The number of rotatable bonds is 3. The SMILES string of the molecule is Cc1ccnc(CC(C2CC2)C(F)(F)F)c1. The van der Waals surface area contributed by atoms with Crippen molar-refractivity contribution in [3.8, 4) is 0 Å². The monoisotopic (exact) mass is 229 g/mol. The summed E-state index contributed by atoms with van der Waals surface area (Å²) in [4.78, 5) is 4.00. The molecule has 0 amide bonds. The van der Waals surface area contributed by atoms with E-state index in [1.165, 1.54) is 0 Å². The quantitative estimate of drug-likeness (QED) is 0.772. The number of aromatic nitrogens is 1. The first-order chi connectivity index (χ1) is 7.47. The molecule has 88 valence electrons. The van der Waals surface area contributed by atoms with E-state index in [1.54, 1.807) is 18.3 Å². The van der Waals surface area contributed by atoms with Gasteiger partial charge in [0.1, 0.15) is 0 Å². The van der Waals surface area contributed by atoms with Gasteiger partial charge >= 0.3 is 6.18 Å². The maximum atomic E-state index is 12.8. The standard InChI is InChI=1S/C12H14F3N/c1-8-4-5-16-10(6-8)7-11(9-2-3-9)12(13,14)15/h4-6,9,11H,2-3,7H2,1H3. The highest BCUT2D eigenvalue weighted by molar-refractivity contribution is 5.15. The zero-order chi connectivity index (χ0) is 11.8. The van der Waals surface area contributed by atoms with Crippen LogP contribution < -0.4 is 0 Å². The maximum absolute atomic E-state index is 12.8. The van der Waals surface area contributed by atoms with Crippen molar-refractivity contribution in [2.45, 2.75) is 32.4 Å². The van der Waals surface area contributed by atoms with Gasteiger partial charge in [0.15, 0.2) is 0 Å². The summed E-state index contributed by atoms with van der Waals surface area (Å²) in [5.74, 6) is -1.39. The average Bonchev–Trinajstić information content (AvgIpc) is 2.95. The normalized spacial score (nSPS) is 18.5. The molecule has 1 aliphatic carbocycles. The van der Waals surface area contributed by atoms with Gasteiger partial charge in [-0.3, -0.25) is 4.98 Å². The van der Waals surface area contributed by atoms with Gasteiger partial charge in [0, 0.05) is 18.3 Å². The third-order valence-corrected chi connectivity index (χ3v) is 3.01. The fourth-order valence-electron chi connectivity index (χ4n) is 1.98. The van der Waals surface area contributed by atoms with Crippen molar-refractivity contribution in [3.63, 3.8) is 0 Å². The van der Waals surface area contributed by atoms with E-state index in [9.17, 15) is 13.2 Å². The smallest absolute Gasteiger partial charge is 0.261 e. The Morgan fingerprint density at radius 3 is 2.62 bits per heavy atom. The molecule has 1 heterocycles. The molecule has 0 aromatic carbocycles. The first-order valence-electron chi connectivity index (χ1n) is 5.45. The second-order valence-corrected chi connectivity index (χ2v) is 4.51. The summed E-state index contributed by atoms with van der Waals surface area (Å²) in [6.45, 7) is 1.87. The second-order valence-electron chi connectivity index (χ2n) is 4.51. The number of alkyl halides is 3. The lowest BCUT2D eigenvalue weighted by Gasteiger charge is -2.19. The molecule has 16 heavy (non-hydrogen) atoms. The van der Waals surface area contributed by atoms with Crippen molar-refractivity contribution in [1.82, 2.24) is 4.98 Å². The molecule has 2 rings (SSSR count). The molecule has 1 aromatic rings. The van der Waals surface area contributed by atoms with Crippen molar-refractivity contribution in [2.24, 2.45) is 11.8 Å². The van der Waals surface area contributed by atoms with E-state index in [2.05, 4.69) is 4.98 Å². The molecule has 0 bridgehead atoms. The molecule has 1 saturated carbocycles. The number of pyridine rings is 1. The Kier molecular flexibility index (Phi) is 2.91. The molecular weight excluding hydrogens is 215 g/mol. The number of nitrogens with zero attached hydrogens (tertiary/aromatic N) is 1. The van der Waals surface area contributed by atoms with Crippen LogP contribution in [0.25, 0.3) is 0 Å². The molecule has 4 heteroatoms. The molecule has 1 unspecified atom stereocenters. The van der Waals surface area contributed by atoms with Gasteiger partial charge in [-0.05, 0) is 43.4 Å². The third kappa shape index (κ3) is 2.74. The Balaban J connectivity index is 2.11. The van der Waals surface area contributed by atoms with Crippen LogP contribution in [0.1, 0.15) is 24.1 Å². The van der Waals surface area contributed by atoms with Crippen molar-refractivity contribution in [2.75, 3.05) is 0 Å². The van der Waals surface area contributed by atoms with Crippen LogP contribution in [0.3, 0.4) is 0 Å². The van der Waals surface area contributed by atoms with E-state index in [0.717, 1.165) is 5.56 Å². The lowest BCUT2D eigenvalue weighted by molar-refractivity contribution is -0.180. The minimum absolute atomic E-state index is 0.0237. The number of hydrogen-bond donors (Lipinski definition) is 0. The molecular formula is C12H14F3N. The van der Waals surface area contributed by atoms with E-state index < -0.39 is 12.1 Å². The van der Waals surface area contributed by atoms with Crippen molar-refractivity contribution in [3.05, 3.63) is 29.6 Å². The minimum atomic E-state index is -4.09. The van der Waals surface area contributed by atoms with Crippen molar-refractivity contribution < 1.29 is 13.2 Å². The zero-order valence-electron chi connectivity index (χ0n) is 9.09. The summed E-state index contributed by atoms with van der Waals surface area (Å²) in [5, 5.41) is 0. The van der Waals surface area contributed by atoms with Gasteiger partial charge in [0.05, 0.1) is 5.92 Å². The highest BCUT2D eigenvalue weighted by Crippen LogP contribution is 2.46. The molecule has 0 N–H and O–H groups in total. The molecule has 1 nitrogen and oxygen atoms in total. The van der Waals surface area contributed by atoms with E-state index >= 15 is 0 Å². The van der Waals surface area contributed by atoms with Crippen LogP contribution in [-0.4, -0.2) is 11.2 Å².